The zero-order valence-electron chi connectivity index (χ0n) is 10.7. The van der Waals surface area contributed by atoms with E-state index in [2.05, 4.69) is 10.3 Å². The molecule has 0 aliphatic carbocycles. The van der Waals surface area contributed by atoms with Gasteiger partial charge < -0.3 is 10.2 Å². The highest BCUT2D eigenvalue weighted by Gasteiger charge is 2.13. The summed E-state index contributed by atoms with van der Waals surface area (Å²) in [7, 11) is 3.41. The molecular weight excluding hydrogens is 282 g/mol. The molecule has 0 aliphatic heterocycles. The molecule has 0 aliphatic rings. The molecular formula is C13H14ClN3OS. The minimum Gasteiger partial charge on any atom is -0.380 e. The monoisotopic (exact) mass is 295 g/mol. The number of nitrogens with one attached hydrogen (secondary N) is 1. The number of hydrogen-bond donors (Lipinski definition) is 1. The van der Waals surface area contributed by atoms with Crippen molar-refractivity contribution >= 4 is 34.5 Å². The maximum atomic E-state index is 12.0. The summed E-state index contributed by atoms with van der Waals surface area (Å²) in [5.41, 5.74) is 3.16. The second-order valence-electron chi connectivity index (χ2n) is 4.22. The first-order valence-electron chi connectivity index (χ1n) is 5.70. The maximum absolute atomic E-state index is 12.0. The number of carbonyl (C=O) groups excluding carboxylic acids is 1. The SMILES string of the molecule is CN(C)C(=O)c1cc(NCc2cncs2)ccc1Cl. The van der Waals surface area contributed by atoms with Crippen LogP contribution in [-0.4, -0.2) is 29.9 Å². The Labute approximate surface area is 121 Å². The fourth-order valence-electron chi connectivity index (χ4n) is 1.56. The van der Waals surface area contributed by atoms with Crippen LogP contribution in [0.4, 0.5) is 5.69 Å². The minimum atomic E-state index is -0.105. The van der Waals surface area contributed by atoms with Crippen molar-refractivity contribution < 1.29 is 4.79 Å². The van der Waals surface area contributed by atoms with Crippen molar-refractivity contribution in [3.8, 4) is 0 Å². The number of benzene rings is 1. The molecule has 0 unspecified atom stereocenters. The van der Waals surface area contributed by atoms with Crippen LogP contribution in [0.15, 0.2) is 29.9 Å². The summed E-state index contributed by atoms with van der Waals surface area (Å²) in [6.07, 6.45) is 1.82. The van der Waals surface area contributed by atoms with Gasteiger partial charge in [-0.25, -0.2) is 0 Å². The van der Waals surface area contributed by atoms with Gasteiger partial charge in [-0.3, -0.25) is 9.78 Å². The molecule has 1 N–H and O–H groups in total. The lowest BCUT2D eigenvalue weighted by Gasteiger charge is -2.13. The van der Waals surface area contributed by atoms with Gasteiger partial charge in [0.25, 0.3) is 5.91 Å². The van der Waals surface area contributed by atoms with Gasteiger partial charge in [-0.2, -0.15) is 0 Å². The second-order valence-corrected chi connectivity index (χ2v) is 5.59. The molecule has 2 aromatic rings. The van der Waals surface area contributed by atoms with Crippen LogP contribution in [0.25, 0.3) is 0 Å². The molecule has 19 heavy (non-hydrogen) atoms. The molecule has 1 amide bonds. The summed E-state index contributed by atoms with van der Waals surface area (Å²) in [4.78, 5) is 18.6. The van der Waals surface area contributed by atoms with E-state index in [1.54, 1.807) is 43.1 Å². The number of halogens is 1. The van der Waals surface area contributed by atoms with Gasteiger partial charge >= 0.3 is 0 Å². The van der Waals surface area contributed by atoms with E-state index in [0.717, 1.165) is 10.6 Å². The van der Waals surface area contributed by atoms with Crippen molar-refractivity contribution in [3.63, 3.8) is 0 Å². The van der Waals surface area contributed by atoms with Crippen LogP contribution < -0.4 is 5.32 Å². The van der Waals surface area contributed by atoms with E-state index in [1.807, 2.05) is 12.3 Å². The molecule has 0 spiro atoms. The largest absolute Gasteiger partial charge is 0.380 e. The summed E-state index contributed by atoms with van der Waals surface area (Å²) in [6.45, 7) is 0.682. The first kappa shape index (κ1) is 13.8. The van der Waals surface area contributed by atoms with E-state index in [4.69, 9.17) is 11.6 Å². The number of nitrogens with zero attached hydrogens (tertiary/aromatic N) is 2. The lowest BCUT2D eigenvalue weighted by molar-refractivity contribution is 0.0828. The van der Waals surface area contributed by atoms with Crippen LogP contribution in [0.2, 0.25) is 5.02 Å². The third-order valence-electron chi connectivity index (χ3n) is 2.55. The molecule has 1 aromatic heterocycles. The van der Waals surface area contributed by atoms with Crippen molar-refractivity contribution in [2.75, 3.05) is 19.4 Å². The maximum Gasteiger partial charge on any atom is 0.254 e. The summed E-state index contributed by atoms with van der Waals surface area (Å²) in [5, 5.41) is 3.71. The van der Waals surface area contributed by atoms with Crippen LogP contribution in [0, 0.1) is 0 Å². The van der Waals surface area contributed by atoms with Gasteiger partial charge in [-0.15, -0.1) is 11.3 Å². The summed E-state index contributed by atoms with van der Waals surface area (Å²) in [6, 6.07) is 5.36. The fourth-order valence-corrected chi connectivity index (χ4v) is 2.29. The summed E-state index contributed by atoms with van der Waals surface area (Å²) >= 11 is 7.64. The van der Waals surface area contributed by atoms with Gasteiger partial charge in [0.15, 0.2) is 0 Å². The molecule has 1 aromatic carbocycles. The third-order valence-corrected chi connectivity index (χ3v) is 3.66. The van der Waals surface area contributed by atoms with Crippen LogP contribution >= 0.6 is 22.9 Å². The van der Waals surface area contributed by atoms with E-state index in [1.165, 1.54) is 4.90 Å². The van der Waals surface area contributed by atoms with E-state index < -0.39 is 0 Å². The summed E-state index contributed by atoms with van der Waals surface area (Å²) < 4.78 is 0. The smallest absolute Gasteiger partial charge is 0.254 e. The molecule has 0 radical (unpaired) electrons. The highest BCUT2D eigenvalue weighted by molar-refractivity contribution is 7.09. The van der Waals surface area contributed by atoms with Gasteiger partial charge in [-0.05, 0) is 18.2 Å². The molecule has 1 heterocycles. The first-order valence-corrected chi connectivity index (χ1v) is 6.96. The number of hydrogen-bond acceptors (Lipinski definition) is 4. The highest BCUT2D eigenvalue weighted by atomic mass is 35.5. The topological polar surface area (TPSA) is 45.2 Å². The Morgan fingerprint density at radius 1 is 1.47 bits per heavy atom. The molecule has 4 nitrogen and oxygen atoms in total. The Morgan fingerprint density at radius 2 is 2.26 bits per heavy atom. The van der Waals surface area contributed by atoms with Crippen molar-refractivity contribution in [2.24, 2.45) is 0 Å². The van der Waals surface area contributed by atoms with Crippen molar-refractivity contribution in [3.05, 3.63) is 45.4 Å². The Balaban J connectivity index is 2.14. The Hall–Kier alpha value is -1.59. The molecule has 100 valence electrons. The van der Waals surface area contributed by atoms with E-state index in [9.17, 15) is 4.79 Å². The fraction of sp³-hybridized carbons (Fsp3) is 0.231. The number of rotatable bonds is 4. The van der Waals surface area contributed by atoms with Gasteiger partial charge in [0, 0.05) is 30.9 Å². The van der Waals surface area contributed by atoms with Crippen LogP contribution in [0.5, 0.6) is 0 Å². The van der Waals surface area contributed by atoms with Crippen LogP contribution in [0.3, 0.4) is 0 Å². The van der Waals surface area contributed by atoms with Crippen LogP contribution in [0.1, 0.15) is 15.2 Å². The highest BCUT2D eigenvalue weighted by Crippen LogP contribution is 2.22. The average molecular weight is 296 g/mol. The van der Waals surface area contributed by atoms with E-state index >= 15 is 0 Å². The predicted molar refractivity (Wildman–Crippen MR) is 78.9 cm³/mol. The molecule has 0 bridgehead atoms. The van der Waals surface area contributed by atoms with Crippen molar-refractivity contribution in [1.82, 2.24) is 9.88 Å². The normalized spacial score (nSPS) is 10.3. The average Bonchev–Trinajstić information content (AvgIpc) is 2.90. The Morgan fingerprint density at radius 3 is 2.89 bits per heavy atom. The van der Waals surface area contributed by atoms with Crippen LogP contribution in [-0.2, 0) is 6.54 Å². The zero-order valence-corrected chi connectivity index (χ0v) is 12.3. The van der Waals surface area contributed by atoms with E-state index in [0.29, 0.717) is 17.1 Å². The third kappa shape index (κ3) is 3.45. The molecule has 0 saturated heterocycles. The summed E-state index contributed by atoms with van der Waals surface area (Å²) in [5.74, 6) is -0.105. The molecule has 0 fully saturated rings. The number of aromatic nitrogens is 1. The van der Waals surface area contributed by atoms with Gasteiger partial charge in [0.1, 0.15) is 0 Å². The second kappa shape index (κ2) is 6.04. The molecule has 0 atom stereocenters. The molecule has 2 rings (SSSR count). The molecule has 6 heteroatoms. The number of anilines is 1. The minimum absolute atomic E-state index is 0.105. The number of amides is 1. The Kier molecular flexibility index (Phi) is 4.39. The van der Waals surface area contributed by atoms with Crippen molar-refractivity contribution in [2.45, 2.75) is 6.54 Å². The van der Waals surface area contributed by atoms with E-state index in [-0.39, 0.29) is 5.91 Å². The lowest BCUT2D eigenvalue weighted by atomic mass is 10.1. The lowest BCUT2D eigenvalue weighted by Crippen LogP contribution is -2.22. The van der Waals surface area contributed by atoms with Gasteiger partial charge in [0.2, 0.25) is 0 Å². The quantitative estimate of drug-likeness (QED) is 0.942. The predicted octanol–water partition coefficient (Wildman–Crippen LogP) is 3.11. The standard InChI is InChI=1S/C13H14ClN3OS/c1-17(2)13(18)11-5-9(3-4-12(11)14)16-7-10-6-15-8-19-10/h3-6,8,16H,7H2,1-2H3. The number of carbonyl (C=O) groups is 1. The Bertz CT molecular complexity index is 569. The molecule has 0 saturated carbocycles. The van der Waals surface area contributed by atoms with Gasteiger partial charge in [-0.1, -0.05) is 11.6 Å². The zero-order chi connectivity index (χ0) is 13.8. The van der Waals surface area contributed by atoms with Crippen molar-refractivity contribution in [1.29, 1.82) is 0 Å². The number of thiazole rings is 1. The van der Waals surface area contributed by atoms with Gasteiger partial charge in [0.05, 0.1) is 22.6 Å². The first-order chi connectivity index (χ1) is 9.08.